The van der Waals surface area contributed by atoms with Gasteiger partial charge in [-0.3, -0.25) is 0 Å². The summed E-state index contributed by atoms with van der Waals surface area (Å²) in [4.78, 5) is 11.1. The number of carbonyl (C=O) groups is 1. The summed E-state index contributed by atoms with van der Waals surface area (Å²) in [6.45, 7) is 1.69. The van der Waals surface area contributed by atoms with Crippen LogP contribution in [0.1, 0.15) is 18.6 Å². The van der Waals surface area contributed by atoms with Gasteiger partial charge in [0.15, 0.2) is 12.4 Å². The van der Waals surface area contributed by atoms with Gasteiger partial charge in [-0.05, 0) is 12.5 Å². The zero-order valence-corrected chi connectivity index (χ0v) is 12.5. The van der Waals surface area contributed by atoms with E-state index in [1.165, 1.54) is 0 Å². The van der Waals surface area contributed by atoms with Crippen LogP contribution in [-0.4, -0.2) is 63.1 Å². The van der Waals surface area contributed by atoms with E-state index in [-0.39, 0.29) is 0 Å². The monoisotopic (exact) mass is 327 g/mol. The first kappa shape index (κ1) is 17.8. The second kappa shape index (κ2) is 7.35. The molecule has 0 radical (unpaired) electrons. The van der Waals surface area contributed by atoms with Crippen molar-refractivity contribution >= 4 is 5.97 Å². The summed E-state index contributed by atoms with van der Waals surface area (Å²) in [6, 6.07) is 8.43. The summed E-state index contributed by atoms with van der Waals surface area (Å²) in [5.74, 6) is -1.46. The minimum absolute atomic E-state index is 0.486. The van der Waals surface area contributed by atoms with E-state index in [1.807, 2.05) is 6.07 Å². The lowest BCUT2D eigenvalue weighted by Gasteiger charge is -2.40. The smallest absolute Gasteiger partial charge is 0.335 e. The average Bonchev–Trinajstić information content (AvgIpc) is 2.52. The lowest BCUT2D eigenvalue weighted by atomic mass is 9.98. The number of benzene rings is 1. The first-order chi connectivity index (χ1) is 10.8. The van der Waals surface area contributed by atoms with Gasteiger partial charge in [0.2, 0.25) is 0 Å². The first-order valence-electron chi connectivity index (χ1n) is 7.21. The van der Waals surface area contributed by atoms with E-state index in [9.17, 15) is 20.1 Å². The molecule has 8 nitrogen and oxygen atoms in total. The fraction of sp³-hybridized carbons (Fsp3) is 0.533. The average molecular weight is 327 g/mol. The van der Waals surface area contributed by atoms with Gasteiger partial charge in [0.05, 0.1) is 0 Å². The number of nitrogens with two attached hydrogens (primary N) is 1. The van der Waals surface area contributed by atoms with Gasteiger partial charge in [0, 0.05) is 6.04 Å². The summed E-state index contributed by atoms with van der Waals surface area (Å²) in [5.41, 5.74) is 6.61. The van der Waals surface area contributed by atoms with Gasteiger partial charge >= 0.3 is 5.97 Å². The van der Waals surface area contributed by atoms with Crippen LogP contribution in [0.4, 0.5) is 0 Å². The Morgan fingerprint density at radius 2 is 1.78 bits per heavy atom. The molecule has 8 heteroatoms. The number of aliphatic carboxylic acids is 1. The number of hydrogen-bond acceptors (Lipinski definition) is 7. The van der Waals surface area contributed by atoms with Crippen LogP contribution in [0.5, 0.6) is 0 Å². The van der Waals surface area contributed by atoms with E-state index in [0.29, 0.717) is 5.56 Å². The molecule has 0 amide bonds. The number of aliphatic hydroxyl groups is 3. The van der Waals surface area contributed by atoms with Gasteiger partial charge in [-0.2, -0.15) is 0 Å². The number of hydrogen-bond donors (Lipinski definition) is 5. The molecule has 1 aromatic rings. The van der Waals surface area contributed by atoms with Crippen LogP contribution in [0.25, 0.3) is 0 Å². The molecule has 2 rings (SSSR count). The molecule has 1 aliphatic rings. The van der Waals surface area contributed by atoms with E-state index in [0.717, 1.165) is 0 Å². The second-order valence-electron chi connectivity index (χ2n) is 5.56. The molecule has 0 aromatic heterocycles. The molecule has 1 saturated heterocycles. The molecule has 1 aliphatic heterocycles. The Kier molecular flexibility index (Phi) is 5.69. The highest BCUT2D eigenvalue weighted by atomic mass is 16.7. The fourth-order valence-corrected chi connectivity index (χ4v) is 2.46. The van der Waals surface area contributed by atoms with Crippen LogP contribution in [0.3, 0.4) is 0 Å². The molecule has 7 unspecified atom stereocenters. The Hall–Kier alpha value is -1.55. The van der Waals surface area contributed by atoms with E-state index in [4.69, 9.17) is 20.3 Å². The molecular weight excluding hydrogens is 306 g/mol. The third kappa shape index (κ3) is 3.86. The molecule has 128 valence electrons. The number of aliphatic hydroxyl groups excluding tert-OH is 3. The van der Waals surface area contributed by atoms with Crippen LogP contribution in [-0.2, 0) is 14.3 Å². The molecule has 0 saturated carbocycles. The lowest BCUT2D eigenvalue weighted by molar-refractivity contribution is -0.306. The number of rotatable bonds is 5. The molecule has 0 bridgehead atoms. The molecule has 0 spiro atoms. The van der Waals surface area contributed by atoms with Crippen molar-refractivity contribution in [2.75, 3.05) is 0 Å². The van der Waals surface area contributed by atoms with Gasteiger partial charge in [0.1, 0.15) is 24.4 Å². The van der Waals surface area contributed by atoms with Gasteiger partial charge in [-0.25, -0.2) is 4.79 Å². The summed E-state index contributed by atoms with van der Waals surface area (Å²) in [6.07, 6.45) is -8.90. The third-order valence-electron chi connectivity index (χ3n) is 3.70. The Bertz CT molecular complexity index is 524. The van der Waals surface area contributed by atoms with Crippen LogP contribution in [0.15, 0.2) is 30.3 Å². The molecule has 23 heavy (non-hydrogen) atoms. The largest absolute Gasteiger partial charge is 0.479 e. The van der Waals surface area contributed by atoms with Gasteiger partial charge in [-0.1, -0.05) is 30.3 Å². The topological polar surface area (TPSA) is 142 Å². The van der Waals surface area contributed by atoms with Gasteiger partial charge in [-0.15, -0.1) is 0 Å². The van der Waals surface area contributed by atoms with Crippen molar-refractivity contribution < 1.29 is 34.7 Å². The van der Waals surface area contributed by atoms with Crippen molar-refractivity contribution in [2.24, 2.45) is 5.73 Å². The predicted molar refractivity (Wildman–Crippen MR) is 78.2 cm³/mol. The molecule has 1 aromatic carbocycles. The van der Waals surface area contributed by atoms with E-state index >= 15 is 0 Å². The standard InChI is InChI=1S/C15H21NO7/c1-7(16)12(8-5-3-2-4-6-8)22-15-11(19)9(17)10(18)13(23-15)14(20)21/h2-7,9-13,15,17-19H,16H2,1H3,(H,20,21). The number of carboxylic acid groups (broad SMARTS) is 1. The van der Waals surface area contributed by atoms with Crippen LogP contribution in [0, 0.1) is 0 Å². The van der Waals surface area contributed by atoms with Crippen LogP contribution >= 0.6 is 0 Å². The first-order valence-corrected chi connectivity index (χ1v) is 7.21. The highest BCUT2D eigenvalue weighted by Crippen LogP contribution is 2.29. The summed E-state index contributed by atoms with van der Waals surface area (Å²) in [7, 11) is 0. The zero-order chi connectivity index (χ0) is 17.1. The Morgan fingerprint density at radius 3 is 2.30 bits per heavy atom. The Labute approximate surface area is 133 Å². The van der Waals surface area contributed by atoms with Crippen molar-refractivity contribution in [3.8, 4) is 0 Å². The molecule has 1 heterocycles. The summed E-state index contributed by atoms with van der Waals surface area (Å²) < 4.78 is 10.7. The van der Waals surface area contributed by atoms with Gasteiger partial charge < -0.3 is 35.6 Å². The van der Waals surface area contributed by atoms with Crippen molar-refractivity contribution in [3.63, 3.8) is 0 Å². The minimum atomic E-state index is -1.76. The Balaban J connectivity index is 2.20. The van der Waals surface area contributed by atoms with Crippen molar-refractivity contribution in [2.45, 2.75) is 49.8 Å². The van der Waals surface area contributed by atoms with Crippen molar-refractivity contribution in [3.05, 3.63) is 35.9 Å². The summed E-state index contributed by atoms with van der Waals surface area (Å²) in [5, 5.41) is 38.5. The SMILES string of the molecule is CC(N)C(OC1OC(C(=O)O)C(O)C(O)C1O)c1ccccc1. The molecule has 7 atom stereocenters. The van der Waals surface area contributed by atoms with Crippen molar-refractivity contribution in [1.29, 1.82) is 0 Å². The zero-order valence-electron chi connectivity index (χ0n) is 12.5. The minimum Gasteiger partial charge on any atom is -0.479 e. The number of carboxylic acids is 1. The van der Waals surface area contributed by atoms with Gasteiger partial charge in [0.25, 0.3) is 0 Å². The molecule has 1 fully saturated rings. The van der Waals surface area contributed by atoms with Crippen molar-refractivity contribution in [1.82, 2.24) is 0 Å². The predicted octanol–water partition coefficient (Wildman–Crippen LogP) is -1.02. The van der Waals surface area contributed by atoms with Crippen LogP contribution in [0.2, 0.25) is 0 Å². The fourth-order valence-electron chi connectivity index (χ4n) is 2.46. The normalized spacial score (nSPS) is 33.9. The second-order valence-corrected chi connectivity index (χ2v) is 5.56. The maximum Gasteiger partial charge on any atom is 0.335 e. The van der Waals surface area contributed by atoms with E-state index in [2.05, 4.69) is 0 Å². The van der Waals surface area contributed by atoms with E-state index < -0.39 is 48.8 Å². The molecule has 6 N–H and O–H groups in total. The quantitative estimate of drug-likeness (QED) is 0.463. The van der Waals surface area contributed by atoms with Crippen LogP contribution < -0.4 is 5.73 Å². The Morgan fingerprint density at radius 1 is 1.17 bits per heavy atom. The molecule has 0 aliphatic carbocycles. The molecular formula is C15H21NO7. The highest BCUT2D eigenvalue weighted by molar-refractivity contribution is 5.73. The maximum absolute atomic E-state index is 11.1. The van der Waals surface area contributed by atoms with E-state index in [1.54, 1.807) is 31.2 Å². The third-order valence-corrected chi connectivity index (χ3v) is 3.70. The maximum atomic E-state index is 11.1. The lowest BCUT2D eigenvalue weighted by Crippen LogP contribution is -2.60. The highest BCUT2D eigenvalue weighted by Gasteiger charge is 2.48. The summed E-state index contributed by atoms with van der Waals surface area (Å²) >= 11 is 0. The number of ether oxygens (including phenoxy) is 2.